The summed E-state index contributed by atoms with van der Waals surface area (Å²) in [6.45, 7) is 2.97. The van der Waals surface area contributed by atoms with Crippen molar-refractivity contribution in [2.24, 2.45) is 5.92 Å². The van der Waals surface area contributed by atoms with Crippen molar-refractivity contribution < 1.29 is 9.53 Å². The van der Waals surface area contributed by atoms with Gasteiger partial charge < -0.3 is 14.5 Å². The molecule has 9 heteroatoms. The lowest BCUT2D eigenvalue weighted by Gasteiger charge is -2.37. The van der Waals surface area contributed by atoms with E-state index in [1.165, 1.54) is 17.5 Å². The third-order valence-corrected chi connectivity index (χ3v) is 6.12. The summed E-state index contributed by atoms with van der Waals surface area (Å²) in [5, 5.41) is 12.7. The van der Waals surface area contributed by atoms with Crippen LogP contribution in [0.25, 0.3) is 5.82 Å². The lowest BCUT2D eigenvalue weighted by atomic mass is 9.94. The van der Waals surface area contributed by atoms with Crippen molar-refractivity contribution >= 4 is 11.7 Å². The second-order valence-corrected chi connectivity index (χ2v) is 8.02. The van der Waals surface area contributed by atoms with Gasteiger partial charge in [0.2, 0.25) is 5.91 Å². The van der Waals surface area contributed by atoms with Gasteiger partial charge in [-0.3, -0.25) is 4.79 Å². The van der Waals surface area contributed by atoms with Gasteiger partial charge in [0.25, 0.3) is 0 Å². The lowest BCUT2D eigenvalue weighted by Crippen LogP contribution is -2.46. The van der Waals surface area contributed by atoms with Crippen molar-refractivity contribution in [1.29, 1.82) is 0 Å². The predicted molar refractivity (Wildman–Crippen MR) is 114 cm³/mol. The highest BCUT2D eigenvalue weighted by Crippen LogP contribution is 2.27. The molecule has 0 radical (unpaired) electrons. The van der Waals surface area contributed by atoms with Crippen LogP contribution in [0.15, 0.2) is 43.0 Å². The molecule has 0 spiro atoms. The molecule has 5 rings (SSSR count). The Kier molecular flexibility index (Phi) is 5.23. The number of methoxy groups -OCH3 is 1. The number of piperidine rings is 1. The van der Waals surface area contributed by atoms with Gasteiger partial charge in [-0.1, -0.05) is 6.07 Å². The van der Waals surface area contributed by atoms with Crippen LogP contribution < -0.4 is 9.64 Å². The van der Waals surface area contributed by atoms with E-state index in [1.54, 1.807) is 18.1 Å². The Balaban J connectivity index is 1.25. The number of aromatic nitrogens is 5. The molecule has 0 saturated carbocycles. The number of hydrogen-bond acceptors (Lipinski definition) is 7. The number of nitrogens with zero attached hydrogens (tertiary/aromatic N) is 7. The zero-order valence-corrected chi connectivity index (χ0v) is 17.5. The van der Waals surface area contributed by atoms with E-state index in [4.69, 9.17) is 4.74 Å². The van der Waals surface area contributed by atoms with E-state index in [0.29, 0.717) is 18.9 Å². The number of fused-ring (bicyclic) bond motifs is 1. The highest BCUT2D eigenvalue weighted by Gasteiger charge is 2.31. The summed E-state index contributed by atoms with van der Waals surface area (Å²) in [5.41, 5.74) is 2.49. The van der Waals surface area contributed by atoms with Crippen LogP contribution in [0.2, 0.25) is 0 Å². The number of carbonyl (C=O) groups is 1. The standard InChI is InChI=1S/C22H25N7O2/c1-31-19-5-4-17-12-28(10-8-16(17)11-19)22(30)18-3-2-9-27(13-18)20-6-7-21(26-25-20)29-15-23-14-24-29/h4-7,11,14-15,18H,2-3,8-10,12-13H2,1H3. The van der Waals surface area contributed by atoms with Crippen molar-refractivity contribution in [3.63, 3.8) is 0 Å². The van der Waals surface area contributed by atoms with E-state index < -0.39 is 0 Å². The molecule has 1 amide bonds. The molecular formula is C22H25N7O2. The molecule has 1 unspecified atom stereocenters. The van der Waals surface area contributed by atoms with E-state index >= 15 is 0 Å². The third-order valence-electron chi connectivity index (χ3n) is 6.12. The first-order chi connectivity index (χ1) is 15.2. The van der Waals surface area contributed by atoms with E-state index in [2.05, 4.69) is 37.3 Å². The van der Waals surface area contributed by atoms with Crippen LogP contribution >= 0.6 is 0 Å². The largest absolute Gasteiger partial charge is 0.497 e. The van der Waals surface area contributed by atoms with Gasteiger partial charge >= 0.3 is 0 Å². The van der Waals surface area contributed by atoms with Gasteiger partial charge in [-0.15, -0.1) is 10.2 Å². The number of rotatable bonds is 4. The van der Waals surface area contributed by atoms with Crippen molar-refractivity contribution in [2.75, 3.05) is 31.6 Å². The molecule has 1 saturated heterocycles. The Morgan fingerprint density at radius 2 is 1.97 bits per heavy atom. The van der Waals surface area contributed by atoms with Gasteiger partial charge in [0.15, 0.2) is 11.6 Å². The fourth-order valence-corrected chi connectivity index (χ4v) is 4.43. The zero-order valence-electron chi connectivity index (χ0n) is 17.5. The number of carbonyl (C=O) groups excluding carboxylic acids is 1. The molecule has 0 bridgehead atoms. The summed E-state index contributed by atoms with van der Waals surface area (Å²) >= 11 is 0. The summed E-state index contributed by atoms with van der Waals surface area (Å²) in [7, 11) is 1.68. The minimum Gasteiger partial charge on any atom is -0.497 e. The molecule has 0 aliphatic carbocycles. The van der Waals surface area contributed by atoms with Gasteiger partial charge in [-0.25, -0.2) is 9.67 Å². The van der Waals surface area contributed by atoms with Gasteiger partial charge in [-0.05, 0) is 54.7 Å². The topological polar surface area (TPSA) is 89.3 Å². The second kappa shape index (κ2) is 8.33. The summed E-state index contributed by atoms with van der Waals surface area (Å²) in [6.07, 6.45) is 5.79. The van der Waals surface area contributed by atoms with Crippen LogP contribution in [0.1, 0.15) is 24.0 Å². The highest BCUT2D eigenvalue weighted by atomic mass is 16.5. The summed E-state index contributed by atoms with van der Waals surface area (Å²) in [6, 6.07) is 9.94. The van der Waals surface area contributed by atoms with Crippen LogP contribution in [-0.4, -0.2) is 62.5 Å². The Morgan fingerprint density at radius 3 is 2.74 bits per heavy atom. The maximum Gasteiger partial charge on any atom is 0.227 e. The van der Waals surface area contributed by atoms with Gasteiger partial charge in [0.05, 0.1) is 13.0 Å². The SMILES string of the molecule is COc1ccc2c(c1)CCN(C(=O)C1CCCN(c3ccc(-n4cncn4)nn3)C1)C2. The van der Waals surface area contributed by atoms with E-state index in [1.807, 2.05) is 23.1 Å². The maximum atomic E-state index is 13.3. The van der Waals surface area contributed by atoms with Gasteiger partial charge in [0.1, 0.15) is 18.4 Å². The normalized spacial score (nSPS) is 18.5. The zero-order chi connectivity index (χ0) is 21.2. The first kappa shape index (κ1) is 19.5. The number of amides is 1. The summed E-state index contributed by atoms with van der Waals surface area (Å²) in [5.74, 6) is 2.49. The first-order valence-corrected chi connectivity index (χ1v) is 10.6. The Hall–Kier alpha value is -3.49. The molecule has 1 atom stereocenters. The quantitative estimate of drug-likeness (QED) is 0.638. The monoisotopic (exact) mass is 419 g/mol. The van der Waals surface area contributed by atoms with Crippen LogP contribution in [-0.2, 0) is 17.8 Å². The van der Waals surface area contributed by atoms with Gasteiger partial charge in [-0.2, -0.15) is 5.10 Å². The van der Waals surface area contributed by atoms with E-state index in [9.17, 15) is 4.79 Å². The predicted octanol–water partition coefficient (Wildman–Crippen LogP) is 1.87. The first-order valence-electron chi connectivity index (χ1n) is 10.6. The number of anilines is 1. The molecule has 31 heavy (non-hydrogen) atoms. The van der Waals surface area contributed by atoms with Crippen molar-refractivity contribution in [1.82, 2.24) is 29.9 Å². The molecule has 0 N–H and O–H groups in total. The fraction of sp³-hybridized carbons (Fsp3) is 0.409. The highest BCUT2D eigenvalue weighted by molar-refractivity contribution is 5.80. The maximum absolute atomic E-state index is 13.3. The fourth-order valence-electron chi connectivity index (χ4n) is 4.43. The summed E-state index contributed by atoms with van der Waals surface area (Å²) in [4.78, 5) is 21.4. The van der Waals surface area contributed by atoms with Crippen molar-refractivity contribution in [3.8, 4) is 11.6 Å². The molecule has 160 valence electrons. The second-order valence-electron chi connectivity index (χ2n) is 8.02. The molecule has 1 fully saturated rings. The average Bonchev–Trinajstić information content (AvgIpc) is 3.38. The van der Waals surface area contributed by atoms with Crippen LogP contribution in [0.5, 0.6) is 5.75 Å². The third kappa shape index (κ3) is 3.95. The Morgan fingerprint density at radius 1 is 1.10 bits per heavy atom. The molecule has 3 aromatic rings. The Bertz CT molecular complexity index is 1050. The van der Waals surface area contributed by atoms with Crippen LogP contribution in [0, 0.1) is 5.92 Å². The molecular weight excluding hydrogens is 394 g/mol. The molecule has 1 aromatic carbocycles. The molecule has 9 nitrogen and oxygen atoms in total. The van der Waals surface area contributed by atoms with E-state index in [-0.39, 0.29) is 11.8 Å². The number of benzene rings is 1. The molecule has 4 heterocycles. The molecule has 2 aliphatic rings. The Labute approximate surface area is 180 Å². The average molecular weight is 419 g/mol. The van der Waals surface area contributed by atoms with Crippen LogP contribution in [0.3, 0.4) is 0 Å². The minimum atomic E-state index is -0.0228. The minimum absolute atomic E-state index is 0.0228. The molecule has 2 aromatic heterocycles. The smallest absolute Gasteiger partial charge is 0.227 e. The van der Waals surface area contributed by atoms with Crippen LogP contribution in [0.4, 0.5) is 5.82 Å². The van der Waals surface area contributed by atoms with Crippen molar-refractivity contribution in [2.45, 2.75) is 25.8 Å². The lowest BCUT2D eigenvalue weighted by molar-refractivity contribution is -0.136. The van der Waals surface area contributed by atoms with Gasteiger partial charge in [0, 0.05) is 26.2 Å². The number of ether oxygens (including phenoxy) is 1. The van der Waals surface area contributed by atoms with E-state index in [0.717, 1.165) is 43.9 Å². The molecule has 2 aliphatic heterocycles. The van der Waals surface area contributed by atoms with Crippen molar-refractivity contribution in [3.05, 3.63) is 54.1 Å². The number of hydrogen-bond donors (Lipinski definition) is 0. The summed E-state index contributed by atoms with van der Waals surface area (Å²) < 4.78 is 6.90.